The molecule has 8 heteroatoms. The molecule has 6 nitrogen and oxygen atoms in total. The Kier molecular flexibility index (Phi) is 4.13. The number of nitrogen functional groups attached to an aromatic ring is 1. The molecule has 0 spiro atoms. The number of nitrogens with one attached hydrogen (secondary N) is 1. The Labute approximate surface area is 83.3 Å². The first-order chi connectivity index (χ1) is 7.13. The maximum absolute atomic E-state index is 11.7. The van der Waals surface area contributed by atoms with E-state index >= 15 is 0 Å². The Morgan fingerprint density at radius 3 is 3.07 bits per heavy atom. The molecular formula is C7H9F2N3O3. The highest BCUT2D eigenvalue weighted by molar-refractivity contribution is 5.91. The molecule has 3 N–H and O–H groups in total. The molecule has 1 heterocycles. The van der Waals surface area contributed by atoms with Crippen LogP contribution in [0.5, 0.6) is 0 Å². The second-order valence-corrected chi connectivity index (χ2v) is 2.56. The van der Waals surface area contributed by atoms with Gasteiger partial charge in [0, 0.05) is 6.07 Å². The van der Waals surface area contributed by atoms with Gasteiger partial charge in [0.1, 0.15) is 13.2 Å². The van der Waals surface area contributed by atoms with Crippen molar-refractivity contribution < 1.29 is 22.8 Å². The van der Waals surface area contributed by atoms with Gasteiger partial charge in [-0.05, 0) is 0 Å². The van der Waals surface area contributed by atoms with Crippen LogP contribution < -0.4 is 11.3 Å². The number of nitrogens with two attached hydrogens (primary N) is 1. The maximum atomic E-state index is 11.7. The van der Waals surface area contributed by atoms with Crippen LogP contribution in [-0.4, -0.2) is 24.1 Å². The van der Waals surface area contributed by atoms with Gasteiger partial charge in [-0.15, -0.1) is 0 Å². The molecule has 0 atom stereocenters. The lowest BCUT2D eigenvalue weighted by molar-refractivity contribution is 0.00311. The van der Waals surface area contributed by atoms with Crippen LogP contribution in [-0.2, 0) is 11.3 Å². The molecule has 0 saturated heterocycles. The molecule has 1 rings (SSSR count). The highest BCUT2D eigenvalue weighted by Gasteiger charge is 2.11. The molecule has 1 aromatic rings. The summed E-state index contributed by atoms with van der Waals surface area (Å²) in [6.07, 6.45) is -2.54. The summed E-state index contributed by atoms with van der Waals surface area (Å²) >= 11 is 0. The fraction of sp³-hybridized carbons (Fsp3) is 0.429. The van der Waals surface area contributed by atoms with Crippen LogP contribution in [0.3, 0.4) is 0 Å². The van der Waals surface area contributed by atoms with E-state index in [1.807, 2.05) is 5.43 Å². The van der Waals surface area contributed by atoms with Crippen molar-refractivity contribution in [3.63, 3.8) is 0 Å². The van der Waals surface area contributed by atoms with Crippen molar-refractivity contribution in [3.05, 3.63) is 17.5 Å². The minimum Gasteiger partial charge on any atom is -0.367 e. The zero-order valence-electron chi connectivity index (χ0n) is 7.57. The molecule has 0 bridgehead atoms. The number of amides is 1. The SMILES string of the molecule is NNC(=O)c1cc(COCC(F)F)on1. The zero-order chi connectivity index (χ0) is 11.3. The predicted octanol–water partition coefficient (Wildman–Crippen LogP) is 0.0598. The number of ether oxygens (including phenoxy) is 1. The lowest BCUT2D eigenvalue weighted by Gasteiger charge is -1.98. The Balaban J connectivity index is 2.43. The van der Waals surface area contributed by atoms with Gasteiger partial charge in [0.25, 0.3) is 12.3 Å². The van der Waals surface area contributed by atoms with Gasteiger partial charge < -0.3 is 9.26 Å². The van der Waals surface area contributed by atoms with Gasteiger partial charge in [-0.25, -0.2) is 14.6 Å². The van der Waals surface area contributed by atoms with E-state index in [4.69, 9.17) is 5.84 Å². The fourth-order valence-electron chi connectivity index (χ4n) is 0.811. The van der Waals surface area contributed by atoms with Gasteiger partial charge in [0.15, 0.2) is 11.5 Å². The third-order valence-corrected chi connectivity index (χ3v) is 1.41. The third-order valence-electron chi connectivity index (χ3n) is 1.41. The molecule has 0 saturated carbocycles. The summed E-state index contributed by atoms with van der Waals surface area (Å²) in [5, 5.41) is 3.35. The highest BCUT2D eigenvalue weighted by Crippen LogP contribution is 2.05. The molecule has 0 fully saturated rings. The predicted molar refractivity (Wildman–Crippen MR) is 43.8 cm³/mol. The number of halogens is 2. The molecule has 15 heavy (non-hydrogen) atoms. The van der Waals surface area contributed by atoms with Crippen molar-refractivity contribution in [2.75, 3.05) is 6.61 Å². The summed E-state index contributed by atoms with van der Waals surface area (Å²) in [6, 6.07) is 1.26. The van der Waals surface area contributed by atoms with Crippen LogP contribution in [0.2, 0.25) is 0 Å². The van der Waals surface area contributed by atoms with Crippen LogP contribution in [0.25, 0.3) is 0 Å². The molecule has 0 unspecified atom stereocenters. The Morgan fingerprint density at radius 2 is 2.47 bits per heavy atom. The summed E-state index contributed by atoms with van der Waals surface area (Å²) in [5.41, 5.74) is 1.81. The molecule has 0 aliphatic heterocycles. The van der Waals surface area contributed by atoms with E-state index in [0.29, 0.717) is 0 Å². The molecule has 0 radical (unpaired) electrons. The van der Waals surface area contributed by atoms with Crippen LogP contribution in [0.15, 0.2) is 10.6 Å². The molecule has 0 aliphatic carbocycles. The smallest absolute Gasteiger partial charge is 0.287 e. The van der Waals surface area contributed by atoms with Crippen molar-refractivity contribution in [3.8, 4) is 0 Å². The summed E-state index contributed by atoms with van der Waals surface area (Å²) in [5.74, 6) is 4.39. The van der Waals surface area contributed by atoms with Gasteiger partial charge in [0.05, 0.1) is 0 Å². The summed E-state index contributed by atoms with van der Waals surface area (Å²) in [4.78, 5) is 10.9. The van der Waals surface area contributed by atoms with Gasteiger partial charge in [-0.1, -0.05) is 5.16 Å². The van der Waals surface area contributed by atoms with Crippen LogP contribution in [0.4, 0.5) is 8.78 Å². The molecular weight excluding hydrogens is 212 g/mol. The fourth-order valence-corrected chi connectivity index (χ4v) is 0.811. The van der Waals surface area contributed by atoms with Gasteiger partial charge in [-0.2, -0.15) is 0 Å². The minimum absolute atomic E-state index is 0.0341. The highest BCUT2D eigenvalue weighted by atomic mass is 19.3. The molecule has 1 amide bonds. The van der Waals surface area contributed by atoms with E-state index in [0.717, 1.165) is 0 Å². The average molecular weight is 221 g/mol. The third kappa shape index (κ3) is 3.60. The van der Waals surface area contributed by atoms with E-state index in [2.05, 4.69) is 14.4 Å². The number of alkyl halides is 2. The van der Waals surface area contributed by atoms with Crippen molar-refractivity contribution in [2.45, 2.75) is 13.0 Å². The number of hydrazine groups is 1. The second-order valence-electron chi connectivity index (χ2n) is 2.56. The standard InChI is InChI=1S/C7H9F2N3O3/c8-6(9)3-14-2-4-1-5(12-15-4)7(13)11-10/h1,6H,2-3,10H2,(H,11,13). The topological polar surface area (TPSA) is 90.4 Å². The van der Waals surface area contributed by atoms with E-state index in [1.54, 1.807) is 0 Å². The van der Waals surface area contributed by atoms with E-state index < -0.39 is 18.9 Å². The van der Waals surface area contributed by atoms with E-state index in [9.17, 15) is 13.6 Å². The quantitative estimate of drug-likeness (QED) is 0.417. The van der Waals surface area contributed by atoms with E-state index in [1.165, 1.54) is 6.07 Å². The Morgan fingerprint density at radius 1 is 1.73 bits per heavy atom. The van der Waals surface area contributed by atoms with Crippen LogP contribution in [0, 0.1) is 0 Å². The summed E-state index contributed by atoms with van der Waals surface area (Å²) < 4.78 is 32.5. The van der Waals surface area contributed by atoms with Crippen molar-refractivity contribution >= 4 is 5.91 Å². The molecule has 0 aromatic carbocycles. The van der Waals surface area contributed by atoms with Gasteiger partial charge in [-0.3, -0.25) is 10.2 Å². The summed E-state index contributed by atoms with van der Waals surface area (Å²) in [7, 11) is 0. The minimum atomic E-state index is -2.54. The van der Waals surface area contributed by atoms with Crippen molar-refractivity contribution in [2.24, 2.45) is 5.84 Å². The summed E-state index contributed by atoms with van der Waals surface area (Å²) in [6.45, 7) is -0.867. The number of aromatic nitrogens is 1. The number of nitrogens with zero attached hydrogens (tertiary/aromatic N) is 1. The lowest BCUT2D eigenvalue weighted by Crippen LogP contribution is -2.30. The van der Waals surface area contributed by atoms with Crippen LogP contribution >= 0.6 is 0 Å². The van der Waals surface area contributed by atoms with Crippen LogP contribution in [0.1, 0.15) is 16.2 Å². The monoisotopic (exact) mass is 221 g/mol. The first-order valence-corrected chi connectivity index (χ1v) is 3.96. The number of hydrogen-bond acceptors (Lipinski definition) is 5. The number of rotatable bonds is 5. The number of hydrogen-bond donors (Lipinski definition) is 2. The van der Waals surface area contributed by atoms with Gasteiger partial charge in [0.2, 0.25) is 0 Å². The average Bonchev–Trinajstić information content (AvgIpc) is 2.65. The van der Waals surface area contributed by atoms with E-state index in [-0.39, 0.29) is 18.1 Å². The zero-order valence-corrected chi connectivity index (χ0v) is 7.57. The molecule has 0 aliphatic rings. The Bertz CT molecular complexity index is 329. The first-order valence-electron chi connectivity index (χ1n) is 3.96. The van der Waals surface area contributed by atoms with Gasteiger partial charge >= 0.3 is 0 Å². The largest absolute Gasteiger partial charge is 0.367 e. The molecule has 84 valence electrons. The van der Waals surface area contributed by atoms with Crippen molar-refractivity contribution in [1.29, 1.82) is 0 Å². The number of carbonyl (C=O) groups is 1. The second kappa shape index (κ2) is 5.37. The Hall–Kier alpha value is -1.54. The van der Waals surface area contributed by atoms with Crippen molar-refractivity contribution in [1.82, 2.24) is 10.6 Å². The normalized spacial score (nSPS) is 10.7. The lowest BCUT2D eigenvalue weighted by atomic mass is 10.3. The first kappa shape index (κ1) is 11.5. The maximum Gasteiger partial charge on any atom is 0.287 e. The molecule has 1 aromatic heterocycles. The number of carbonyl (C=O) groups excluding carboxylic acids is 1.